The molecule has 0 saturated carbocycles. The first-order valence-electron chi connectivity index (χ1n) is 6.08. The highest BCUT2D eigenvalue weighted by molar-refractivity contribution is 4.87. The summed E-state index contributed by atoms with van der Waals surface area (Å²) in [5.74, 6) is 0. The smallest absolute Gasteiger partial charge is 0.151 e. The summed E-state index contributed by atoms with van der Waals surface area (Å²) >= 11 is 0. The van der Waals surface area contributed by atoms with Gasteiger partial charge in [-0.2, -0.15) is 0 Å². The molecule has 0 fully saturated rings. The minimum absolute atomic E-state index is 0.129. The third-order valence-electron chi connectivity index (χ3n) is 3.17. The van der Waals surface area contributed by atoms with Crippen molar-refractivity contribution in [3.63, 3.8) is 0 Å². The Morgan fingerprint density at radius 3 is 1.17 bits per heavy atom. The normalized spacial score (nSPS) is 13.0. The van der Waals surface area contributed by atoms with Gasteiger partial charge in [0, 0.05) is 5.54 Å². The van der Waals surface area contributed by atoms with Crippen molar-refractivity contribution in [2.75, 3.05) is 7.05 Å². The molecule has 0 aromatic heterocycles. The van der Waals surface area contributed by atoms with Crippen LogP contribution in [0, 0.1) is 0 Å². The van der Waals surface area contributed by atoms with Gasteiger partial charge in [0.15, 0.2) is 18.9 Å². The molecule has 0 rings (SSSR count). The molecule has 0 aromatic rings. The Hall–Kier alpha value is -0.280. The Kier molecular flexibility index (Phi) is 8.62. The maximum atomic E-state index is 8.90. The van der Waals surface area contributed by atoms with Crippen LogP contribution in [0.1, 0.15) is 38.5 Å². The maximum absolute atomic E-state index is 8.90. The molecule has 7 nitrogen and oxygen atoms in total. The number of aliphatic hydroxyl groups is 6. The van der Waals surface area contributed by atoms with Crippen LogP contribution in [0.25, 0.3) is 0 Å². The Labute approximate surface area is 107 Å². The van der Waals surface area contributed by atoms with Gasteiger partial charge in [-0.3, -0.25) is 0 Å². The molecule has 0 aliphatic rings. The van der Waals surface area contributed by atoms with Gasteiger partial charge in [-0.25, -0.2) is 0 Å². The molecule has 0 amide bonds. The lowest BCUT2D eigenvalue weighted by molar-refractivity contribution is -0.0678. The van der Waals surface area contributed by atoms with Gasteiger partial charge in [-0.1, -0.05) is 0 Å². The molecule has 0 heterocycles. The Bertz CT molecular complexity index is 178. The molecule has 0 atom stereocenters. The fraction of sp³-hybridized carbons (Fsp3) is 1.00. The van der Waals surface area contributed by atoms with Crippen LogP contribution in [0.4, 0.5) is 0 Å². The Morgan fingerprint density at radius 2 is 1.00 bits per heavy atom. The van der Waals surface area contributed by atoms with E-state index < -0.39 is 24.4 Å². The summed E-state index contributed by atoms with van der Waals surface area (Å²) in [4.78, 5) is 0. The zero-order valence-corrected chi connectivity index (χ0v) is 10.7. The third-order valence-corrected chi connectivity index (χ3v) is 3.17. The van der Waals surface area contributed by atoms with Gasteiger partial charge in [-0.15, -0.1) is 0 Å². The first kappa shape index (κ1) is 17.7. The van der Waals surface area contributed by atoms with E-state index in [0.29, 0.717) is 19.3 Å². The van der Waals surface area contributed by atoms with Gasteiger partial charge in [0.2, 0.25) is 0 Å². The van der Waals surface area contributed by atoms with Crippen LogP contribution < -0.4 is 5.32 Å². The summed E-state index contributed by atoms with van der Waals surface area (Å²) in [6, 6.07) is 0. The summed E-state index contributed by atoms with van der Waals surface area (Å²) in [6.45, 7) is 0. The lowest BCUT2D eigenvalue weighted by Crippen LogP contribution is -2.45. The molecule has 7 heteroatoms. The zero-order chi connectivity index (χ0) is 14.2. The molecule has 0 saturated heterocycles. The van der Waals surface area contributed by atoms with Crippen molar-refractivity contribution in [1.82, 2.24) is 5.32 Å². The predicted octanol–water partition coefficient (Wildman–Crippen LogP) is -1.78. The van der Waals surface area contributed by atoms with Gasteiger partial charge in [0.1, 0.15) is 0 Å². The van der Waals surface area contributed by atoms with Gasteiger partial charge < -0.3 is 36.0 Å². The van der Waals surface area contributed by atoms with Crippen molar-refractivity contribution in [2.45, 2.75) is 62.9 Å². The van der Waals surface area contributed by atoms with Gasteiger partial charge in [0.25, 0.3) is 0 Å². The van der Waals surface area contributed by atoms with E-state index in [1.165, 1.54) is 0 Å². The van der Waals surface area contributed by atoms with E-state index in [-0.39, 0.29) is 19.3 Å². The Morgan fingerprint density at radius 1 is 0.722 bits per heavy atom. The van der Waals surface area contributed by atoms with Crippen LogP contribution in [0.5, 0.6) is 0 Å². The van der Waals surface area contributed by atoms with E-state index in [4.69, 9.17) is 30.6 Å². The van der Waals surface area contributed by atoms with E-state index in [0.717, 1.165) is 0 Å². The van der Waals surface area contributed by atoms with E-state index in [2.05, 4.69) is 5.32 Å². The monoisotopic (exact) mass is 267 g/mol. The topological polar surface area (TPSA) is 133 Å². The van der Waals surface area contributed by atoms with E-state index in [9.17, 15) is 0 Å². The highest BCUT2D eigenvalue weighted by Gasteiger charge is 2.29. The summed E-state index contributed by atoms with van der Waals surface area (Å²) in [5.41, 5.74) is -0.572. The molecule has 0 aliphatic carbocycles. The van der Waals surface area contributed by atoms with Gasteiger partial charge in [0.05, 0.1) is 0 Å². The summed E-state index contributed by atoms with van der Waals surface area (Å²) in [5, 5.41) is 56.4. The fourth-order valence-electron chi connectivity index (χ4n) is 1.97. The van der Waals surface area contributed by atoms with Crippen molar-refractivity contribution in [1.29, 1.82) is 0 Å². The highest BCUT2D eigenvalue weighted by Crippen LogP contribution is 2.26. The van der Waals surface area contributed by atoms with Crippen molar-refractivity contribution in [2.24, 2.45) is 0 Å². The average Bonchev–Trinajstić information content (AvgIpc) is 2.28. The predicted molar refractivity (Wildman–Crippen MR) is 64.2 cm³/mol. The number of hydrogen-bond donors (Lipinski definition) is 7. The van der Waals surface area contributed by atoms with Crippen LogP contribution >= 0.6 is 0 Å². The third kappa shape index (κ3) is 7.93. The van der Waals surface area contributed by atoms with Crippen molar-refractivity contribution in [3.8, 4) is 0 Å². The van der Waals surface area contributed by atoms with Gasteiger partial charge in [-0.05, 0) is 45.6 Å². The Balaban J connectivity index is 4.49. The molecular formula is C11H25NO6. The average molecular weight is 267 g/mol. The molecule has 7 N–H and O–H groups in total. The van der Waals surface area contributed by atoms with Crippen LogP contribution in [0.2, 0.25) is 0 Å². The number of aliphatic hydroxyl groups excluding tert-OH is 3. The summed E-state index contributed by atoms with van der Waals surface area (Å²) < 4.78 is 0. The molecular weight excluding hydrogens is 242 g/mol. The van der Waals surface area contributed by atoms with E-state index >= 15 is 0 Å². The lowest BCUT2D eigenvalue weighted by Gasteiger charge is -2.35. The second-order valence-electron chi connectivity index (χ2n) is 4.59. The van der Waals surface area contributed by atoms with Gasteiger partial charge >= 0.3 is 0 Å². The molecule has 0 aliphatic heterocycles. The second-order valence-corrected chi connectivity index (χ2v) is 4.59. The van der Waals surface area contributed by atoms with Crippen LogP contribution in [0.15, 0.2) is 0 Å². The molecule has 18 heavy (non-hydrogen) atoms. The van der Waals surface area contributed by atoms with E-state index in [1.54, 1.807) is 7.05 Å². The first-order chi connectivity index (χ1) is 8.31. The van der Waals surface area contributed by atoms with Crippen LogP contribution in [0.3, 0.4) is 0 Å². The fourth-order valence-corrected chi connectivity index (χ4v) is 1.97. The van der Waals surface area contributed by atoms with Crippen LogP contribution in [-0.2, 0) is 0 Å². The standard InChI is InChI=1S/C11H25NO6/c1-12-11(5-2-8(13)14,6-3-9(15)16)7-4-10(17)18/h8-10,12-18H,2-7H2,1H3. The quantitative estimate of drug-likeness (QED) is 0.233. The zero-order valence-electron chi connectivity index (χ0n) is 10.7. The van der Waals surface area contributed by atoms with E-state index in [1.807, 2.05) is 0 Å². The molecule has 0 radical (unpaired) electrons. The SMILES string of the molecule is CNC(CCC(O)O)(CCC(O)O)CCC(O)O. The van der Waals surface area contributed by atoms with Crippen molar-refractivity contribution in [3.05, 3.63) is 0 Å². The highest BCUT2D eigenvalue weighted by atomic mass is 16.5. The molecule has 0 aromatic carbocycles. The molecule has 110 valence electrons. The first-order valence-corrected chi connectivity index (χ1v) is 6.08. The lowest BCUT2D eigenvalue weighted by atomic mass is 9.83. The van der Waals surface area contributed by atoms with Crippen molar-refractivity contribution < 1.29 is 30.6 Å². The van der Waals surface area contributed by atoms with Crippen molar-refractivity contribution >= 4 is 0 Å². The second kappa shape index (κ2) is 8.76. The minimum atomic E-state index is -1.43. The van der Waals surface area contributed by atoms with Crippen LogP contribution in [-0.4, -0.2) is 62.1 Å². The number of hydrogen-bond acceptors (Lipinski definition) is 7. The molecule has 0 bridgehead atoms. The molecule has 0 unspecified atom stereocenters. The maximum Gasteiger partial charge on any atom is 0.151 e. The number of nitrogens with one attached hydrogen (secondary N) is 1. The minimum Gasteiger partial charge on any atom is -0.368 e. The largest absolute Gasteiger partial charge is 0.368 e. The number of rotatable bonds is 10. The summed E-state index contributed by atoms with van der Waals surface area (Å²) in [7, 11) is 1.68. The molecule has 0 spiro atoms. The summed E-state index contributed by atoms with van der Waals surface area (Å²) in [6.07, 6.45) is -2.75.